The molecule has 0 aliphatic carbocycles. The molecule has 0 aliphatic rings. The van der Waals surface area contributed by atoms with Crippen LogP contribution in [0.1, 0.15) is 5.56 Å². The van der Waals surface area contributed by atoms with Gasteiger partial charge in [0.2, 0.25) is 0 Å². The van der Waals surface area contributed by atoms with Gasteiger partial charge in [0, 0.05) is 0 Å². The third kappa shape index (κ3) is 3.87. The van der Waals surface area contributed by atoms with E-state index in [0.717, 1.165) is 24.3 Å². The van der Waals surface area contributed by atoms with Crippen LogP contribution in [0.2, 0.25) is 0 Å². The summed E-state index contributed by atoms with van der Waals surface area (Å²) in [6.45, 7) is -8.35. The molecule has 7 heteroatoms. The molecule has 1 nitrogen and oxygen atoms in total. The highest BCUT2D eigenvalue weighted by Crippen LogP contribution is 2.10. The van der Waals surface area contributed by atoms with Crippen molar-refractivity contribution in [3.05, 3.63) is 29.8 Å². The van der Waals surface area contributed by atoms with Gasteiger partial charge in [0.05, 0.1) is 6.61 Å². The molecule has 1 aromatic rings. The van der Waals surface area contributed by atoms with Crippen LogP contribution in [0.25, 0.3) is 0 Å². The van der Waals surface area contributed by atoms with Gasteiger partial charge in [-0.05, 0) is 5.56 Å². The second-order valence-electron chi connectivity index (χ2n) is 2.89. The van der Waals surface area contributed by atoms with Crippen LogP contribution in [0.15, 0.2) is 24.3 Å². The monoisotopic (exact) mass is 225 g/mol. The van der Waals surface area contributed by atoms with Crippen LogP contribution in [-0.4, -0.2) is 13.6 Å². The lowest BCUT2D eigenvalue weighted by Gasteiger charge is -2.14. The molecular formula is C8H7BF5O-. The molecule has 0 heterocycles. The normalized spacial score (nSPS) is 12.1. The van der Waals surface area contributed by atoms with Crippen LogP contribution < -0.4 is 5.46 Å². The first-order valence-electron chi connectivity index (χ1n) is 4.08. The molecule has 0 radical (unpaired) electrons. The predicted octanol–water partition coefficient (Wildman–Crippen LogP) is 2.48. The van der Waals surface area contributed by atoms with E-state index in [1.807, 2.05) is 0 Å². The predicted molar refractivity (Wildman–Crippen MR) is 45.9 cm³/mol. The molecule has 0 fully saturated rings. The lowest BCUT2D eigenvalue weighted by molar-refractivity contribution is -0.137. The van der Waals surface area contributed by atoms with E-state index in [1.165, 1.54) is 0 Å². The van der Waals surface area contributed by atoms with Gasteiger partial charge in [-0.2, -0.15) is 8.78 Å². The first-order chi connectivity index (χ1) is 6.89. The molecule has 0 saturated heterocycles. The number of benzene rings is 1. The average molecular weight is 225 g/mol. The van der Waals surface area contributed by atoms with Crippen molar-refractivity contribution in [1.82, 2.24) is 0 Å². The molecule has 1 rings (SSSR count). The molecule has 0 N–H and O–H groups in total. The van der Waals surface area contributed by atoms with Gasteiger partial charge in [0.15, 0.2) is 0 Å². The first-order valence-corrected chi connectivity index (χ1v) is 4.08. The van der Waals surface area contributed by atoms with Crippen molar-refractivity contribution in [3.63, 3.8) is 0 Å². The van der Waals surface area contributed by atoms with Crippen molar-refractivity contribution in [2.75, 3.05) is 0 Å². The van der Waals surface area contributed by atoms with E-state index in [4.69, 9.17) is 0 Å². The SMILES string of the molecule is FC(F)OCc1ccc([B-](F)(F)F)cc1. The Bertz CT molecular complexity index is 308. The minimum Gasteiger partial charge on any atom is -0.445 e. The van der Waals surface area contributed by atoms with E-state index in [2.05, 4.69) is 4.74 Å². The molecule has 0 aliphatic heterocycles. The fraction of sp³-hybridized carbons (Fsp3) is 0.250. The van der Waals surface area contributed by atoms with Crippen molar-refractivity contribution < 1.29 is 26.5 Å². The fourth-order valence-electron chi connectivity index (χ4n) is 0.991. The van der Waals surface area contributed by atoms with Crippen LogP contribution >= 0.6 is 0 Å². The van der Waals surface area contributed by atoms with Gasteiger partial charge >= 0.3 is 13.6 Å². The zero-order chi connectivity index (χ0) is 11.5. The maximum atomic E-state index is 12.1. The molecule has 0 amide bonds. The summed E-state index contributed by atoms with van der Waals surface area (Å²) in [6, 6.07) is 3.94. The Labute approximate surface area is 82.9 Å². The second kappa shape index (κ2) is 4.61. The third-order valence-electron chi connectivity index (χ3n) is 1.73. The Hall–Kier alpha value is -1.11. The number of rotatable bonds is 4. The molecule has 0 atom stereocenters. The van der Waals surface area contributed by atoms with E-state index in [-0.39, 0.29) is 5.56 Å². The summed E-state index contributed by atoms with van der Waals surface area (Å²) in [5, 5.41) is 0. The van der Waals surface area contributed by atoms with Crippen molar-refractivity contribution in [2.45, 2.75) is 13.2 Å². The summed E-state index contributed by atoms with van der Waals surface area (Å²) >= 11 is 0. The molecule has 0 spiro atoms. The third-order valence-corrected chi connectivity index (χ3v) is 1.73. The minimum absolute atomic E-state index is 0.277. The second-order valence-corrected chi connectivity index (χ2v) is 2.89. The van der Waals surface area contributed by atoms with Crippen molar-refractivity contribution in [1.29, 1.82) is 0 Å². The molecule has 0 saturated carbocycles. The molecule has 0 bridgehead atoms. The highest BCUT2D eigenvalue weighted by molar-refractivity contribution is 6.73. The van der Waals surface area contributed by atoms with Gasteiger partial charge in [-0.25, -0.2) is 0 Å². The van der Waals surface area contributed by atoms with Gasteiger partial charge in [0.25, 0.3) is 0 Å². The average Bonchev–Trinajstić information content (AvgIpc) is 2.14. The zero-order valence-electron chi connectivity index (χ0n) is 7.47. The van der Waals surface area contributed by atoms with Crippen LogP contribution in [0.3, 0.4) is 0 Å². The summed E-state index contributed by atoms with van der Waals surface area (Å²) < 4.78 is 63.6. The molecular weight excluding hydrogens is 218 g/mol. The number of ether oxygens (including phenoxy) is 1. The Morgan fingerprint density at radius 2 is 1.60 bits per heavy atom. The van der Waals surface area contributed by atoms with E-state index in [0.29, 0.717) is 0 Å². The van der Waals surface area contributed by atoms with Crippen molar-refractivity contribution in [3.8, 4) is 0 Å². The fourth-order valence-corrected chi connectivity index (χ4v) is 0.991. The van der Waals surface area contributed by atoms with Gasteiger partial charge in [-0.3, -0.25) is 0 Å². The summed E-state index contributed by atoms with van der Waals surface area (Å²) in [6.07, 6.45) is 0. The van der Waals surface area contributed by atoms with Crippen LogP contribution in [0.5, 0.6) is 0 Å². The summed E-state index contributed by atoms with van der Waals surface area (Å²) in [4.78, 5) is 0. The molecule has 84 valence electrons. The molecule has 0 unspecified atom stereocenters. The number of hydrogen-bond donors (Lipinski definition) is 0. The van der Waals surface area contributed by atoms with E-state index < -0.39 is 25.7 Å². The van der Waals surface area contributed by atoms with Crippen molar-refractivity contribution >= 4 is 12.4 Å². The van der Waals surface area contributed by atoms with Crippen LogP contribution in [0.4, 0.5) is 21.7 Å². The van der Waals surface area contributed by atoms with Crippen LogP contribution in [0, 0.1) is 0 Å². The first kappa shape index (κ1) is 12.0. The van der Waals surface area contributed by atoms with Gasteiger partial charge in [-0.15, -0.1) is 5.46 Å². The Kier molecular flexibility index (Phi) is 3.68. The standard InChI is InChI=1S/C8H7BF5O/c10-8(11)15-5-6-1-3-7(4-2-6)9(12,13)14/h1-4,8H,5H2/q-1. The van der Waals surface area contributed by atoms with E-state index >= 15 is 0 Å². The Morgan fingerprint density at radius 1 is 1.07 bits per heavy atom. The lowest BCUT2D eigenvalue weighted by Crippen LogP contribution is -2.33. The quantitative estimate of drug-likeness (QED) is 0.564. The molecule has 0 aromatic heterocycles. The smallest absolute Gasteiger partial charge is 0.445 e. The summed E-state index contributed by atoms with van der Waals surface area (Å²) in [7, 11) is 0. The van der Waals surface area contributed by atoms with E-state index in [1.54, 1.807) is 0 Å². The number of hydrogen-bond acceptors (Lipinski definition) is 1. The van der Waals surface area contributed by atoms with Gasteiger partial charge in [-0.1, -0.05) is 24.3 Å². The number of halogens is 5. The highest BCUT2D eigenvalue weighted by Gasteiger charge is 2.24. The largest absolute Gasteiger partial charge is 0.509 e. The Morgan fingerprint density at radius 3 is 2.00 bits per heavy atom. The van der Waals surface area contributed by atoms with Crippen LogP contribution in [-0.2, 0) is 11.3 Å². The Balaban J connectivity index is 2.65. The minimum atomic E-state index is -5.03. The van der Waals surface area contributed by atoms with Gasteiger partial charge in [0.1, 0.15) is 0 Å². The zero-order valence-corrected chi connectivity index (χ0v) is 7.47. The number of alkyl halides is 2. The lowest BCUT2D eigenvalue weighted by atomic mass is 9.80. The topological polar surface area (TPSA) is 9.23 Å². The van der Waals surface area contributed by atoms with Gasteiger partial charge < -0.3 is 17.7 Å². The van der Waals surface area contributed by atoms with E-state index in [9.17, 15) is 21.7 Å². The molecule has 15 heavy (non-hydrogen) atoms. The van der Waals surface area contributed by atoms with Crippen molar-refractivity contribution in [2.24, 2.45) is 0 Å². The summed E-state index contributed by atoms with van der Waals surface area (Å²) in [5.74, 6) is 0. The maximum Gasteiger partial charge on any atom is 0.509 e. The molecule has 1 aromatic carbocycles. The summed E-state index contributed by atoms with van der Waals surface area (Å²) in [5.41, 5.74) is -0.477. The maximum absolute atomic E-state index is 12.1. The highest BCUT2D eigenvalue weighted by atomic mass is 19.4.